The molecule has 0 bridgehead atoms. The zero-order valence-electron chi connectivity index (χ0n) is 16.7. The second-order valence-corrected chi connectivity index (χ2v) is 7.46. The molecule has 1 N–H and O–H groups in total. The van der Waals surface area contributed by atoms with Crippen molar-refractivity contribution in [3.63, 3.8) is 0 Å². The minimum absolute atomic E-state index is 0.0977. The van der Waals surface area contributed by atoms with Gasteiger partial charge in [0.15, 0.2) is 12.7 Å². The molecular formula is C24H21ClN2O4. The number of benzene rings is 3. The van der Waals surface area contributed by atoms with Gasteiger partial charge < -0.3 is 19.7 Å². The van der Waals surface area contributed by atoms with Gasteiger partial charge in [-0.3, -0.25) is 9.59 Å². The van der Waals surface area contributed by atoms with E-state index in [1.165, 1.54) is 4.90 Å². The van der Waals surface area contributed by atoms with Gasteiger partial charge in [0.1, 0.15) is 11.5 Å². The van der Waals surface area contributed by atoms with Crippen molar-refractivity contribution in [3.8, 4) is 11.5 Å². The highest BCUT2D eigenvalue weighted by molar-refractivity contribution is 6.30. The highest BCUT2D eigenvalue weighted by Gasteiger charge is 2.33. The van der Waals surface area contributed by atoms with Crippen LogP contribution in [0.3, 0.4) is 0 Å². The van der Waals surface area contributed by atoms with E-state index in [1.807, 2.05) is 36.4 Å². The average Bonchev–Trinajstić information content (AvgIpc) is 2.82. The van der Waals surface area contributed by atoms with Gasteiger partial charge in [-0.2, -0.15) is 0 Å². The van der Waals surface area contributed by atoms with E-state index >= 15 is 0 Å². The fraction of sp³-hybridized carbons (Fsp3) is 0.167. The van der Waals surface area contributed by atoms with Crippen LogP contribution in [-0.2, 0) is 16.1 Å². The predicted molar refractivity (Wildman–Crippen MR) is 118 cm³/mol. The Bertz CT molecular complexity index is 1060. The van der Waals surface area contributed by atoms with Crippen molar-refractivity contribution < 1.29 is 19.1 Å². The van der Waals surface area contributed by atoms with E-state index in [0.29, 0.717) is 28.8 Å². The summed E-state index contributed by atoms with van der Waals surface area (Å²) in [6, 6.07) is 23.5. The summed E-state index contributed by atoms with van der Waals surface area (Å²) >= 11 is 5.88. The number of ether oxygens (including phenoxy) is 2. The van der Waals surface area contributed by atoms with E-state index < -0.39 is 6.10 Å². The molecule has 0 saturated carbocycles. The largest absolute Gasteiger partial charge is 0.484 e. The van der Waals surface area contributed by atoms with Gasteiger partial charge in [0.05, 0.1) is 12.2 Å². The lowest BCUT2D eigenvalue weighted by Crippen LogP contribution is -2.51. The van der Waals surface area contributed by atoms with Crippen LogP contribution < -0.4 is 19.7 Å². The molecule has 7 heteroatoms. The monoisotopic (exact) mass is 436 g/mol. The molecule has 1 atom stereocenters. The van der Waals surface area contributed by atoms with E-state index in [9.17, 15) is 9.59 Å². The van der Waals surface area contributed by atoms with Gasteiger partial charge in [-0.25, -0.2) is 0 Å². The number of para-hydroxylation sites is 2. The van der Waals surface area contributed by atoms with Gasteiger partial charge in [-0.1, -0.05) is 54.1 Å². The average molecular weight is 437 g/mol. The molecule has 4 rings (SSSR count). The fourth-order valence-electron chi connectivity index (χ4n) is 3.26. The molecule has 0 saturated heterocycles. The third-order valence-electron chi connectivity index (χ3n) is 4.85. The lowest BCUT2D eigenvalue weighted by molar-refractivity contribution is -0.128. The Morgan fingerprint density at radius 3 is 2.48 bits per heavy atom. The number of nitrogens with one attached hydrogen (secondary N) is 1. The quantitative estimate of drug-likeness (QED) is 0.637. The lowest BCUT2D eigenvalue weighted by Gasteiger charge is -2.34. The molecule has 0 radical (unpaired) electrons. The lowest BCUT2D eigenvalue weighted by atomic mass is 10.1. The molecule has 0 aromatic heterocycles. The molecule has 2 amide bonds. The topological polar surface area (TPSA) is 67.9 Å². The first kappa shape index (κ1) is 20.8. The molecule has 0 aliphatic carbocycles. The zero-order valence-corrected chi connectivity index (χ0v) is 17.4. The SMILES string of the molecule is O=C(NCc1ccccc1)C1CN(C(=O)COc2ccc(Cl)cc2)c2ccccc2O1. The molecule has 3 aromatic carbocycles. The van der Waals surface area contributed by atoms with E-state index in [0.717, 1.165) is 5.56 Å². The van der Waals surface area contributed by atoms with Gasteiger partial charge >= 0.3 is 0 Å². The standard InChI is InChI=1S/C24H21ClN2O4/c25-18-10-12-19(13-11-18)30-16-23(28)27-15-22(31-21-9-5-4-8-20(21)27)24(29)26-14-17-6-2-1-3-7-17/h1-13,22H,14-16H2,(H,26,29). The number of hydrogen-bond acceptors (Lipinski definition) is 4. The van der Waals surface area contributed by atoms with Crippen LogP contribution in [0, 0.1) is 0 Å². The van der Waals surface area contributed by atoms with Gasteiger partial charge in [0.2, 0.25) is 0 Å². The number of halogens is 1. The molecule has 1 heterocycles. The third-order valence-corrected chi connectivity index (χ3v) is 5.10. The molecule has 0 spiro atoms. The van der Waals surface area contributed by atoms with Crippen LogP contribution in [0.5, 0.6) is 11.5 Å². The summed E-state index contributed by atoms with van der Waals surface area (Å²) < 4.78 is 11.5. The predicted octanol–water partition coefficient (Wildman–Crippen LogP) is 3.83. The smallest absolute Gasteiger partial charge is 0.265 e. The van der Waals surface area contributed by atoms with Crippen molar-refractivity contribution in [1.29, 1.82) is 0 Å². The summed E-state index contributed by atoms with van der Waals surface area (Å²) in [7, 11) is 0. The molecule has 1 aliphatic heterocycles. The summed E-state index contributed by atoms with van der Waals surface area (Å²) in [6.45, 7) is 0.309. The number of carbonyl (C=O) groups excluding carboxylic acids is 2. The Labute approximate surface area is 185 Å². The van der Waals surface area contributed by atoms with Crippen LogP contribution >= 0.6 is 11.6 Å². The number of rotatable bonds is 6. The van der Waals surface area contributed by atoms with Crippen molar-refractivity contribution >= 4 is 29.1 Å². The second kappa shape index (κ2) is 9.53. The normalized spacial score (nSPS) is 14.9. The second-order valence-electron chi connectivity index (χ2n) is 7.02. The summed E-state index contributed by atoms with van der Waals surface area (Å²) in [5.74, 6) is 0.464. The number of carbonyl (C=O) groups is 2. The van der Waals surface area contributed by atoms with Gasteiger partial charge in [0.25, 0.3) is 11.8 Å². The van der Waals surface area contributed by atoms with Crippen molar-refractivity contribution in [1.82, 2.24) is 5.32 Å². The number of fused-ring (bicyclic) bond motifs is 1. The fourth-order valence-corrected chi connectivity index (χ4v) is 3.39. The van der Waals surface area contributed by atoms with E-state index in [1.54, 1.807) is 42.5 Å². The van der Waals surface area contributed by atoms with E-state index in [-0.39, 0.29) is 25.0 Å². The summed E-state index contributed by atoms with van der Waals surface area (Å²) in [4.78, 5) is 27.2. The summed E-state index contributed by atoms with van der Waals surface area (Å²) in [6.07, 6.45) is -0.821. The van der Waals surface area contributed by atoms with Crippen LogP contribution in [-0.4, -0.2) is 31.1 Å². The molecule has 3 aromatic rings. The van der Waals surface area contributed by atoms with E-state index in [2.05, 4.69) is 5.32 Å². The Morgan fingerprint density at radius 2 is 1.71 bits per heavy atom. The third kappa shape index (κ3) is 5.16. The van der Waals surface area contributed by atoms with Crippen molar-refractivity contribution in [3.05, 3.63) is 89.4 Å². The highest BCUT2D eigenvalue weighted by Crippen LogP contribution is 2.33. The first-order chi connectivity index (χ1) is 15.1. The van der Waals surface area contributed by atoms with Crippen LogP contribution in [0.4, 0.5) is 5.69 Å². The molecular weight excluding hydrogens is 416 g/mol. The maximum absolute atomic E-state index is 12.9. The van der Waals surface area contributed by atoms with Gasteiger partial charge in [-0.05, 0) is 42.0 Å². The molecule has 6 nitrogen and oxygen atoms in total. The minimum atomic E-state index is -0.821. The van der Waals surface area contributed by atoms with Crippen molar-refractivity contribution in [2.45, 2.75) is 12.6 Å². The van der Waals surface area contributed by atoms with Gasteiger partial charge in [0, 0.05) is 11.6 Å². The van der Waals surface area contributed by atoms with Crippen molar-refractivity contribution in [2.24, 2.45) is 0 Å². The summed E-state index contributed by atoms with van der Waals surface area (Å²) in [5, 5.41) is 3.46. The van der Waals surface area contributed by atoms with Crippen LogP contribution in [0.1, 0.15) is 5.56 Å². The number of amides is 2. The first-order valence-corrected chi connectivity index (χ1v) is 10.2. The van der Waals surface area contributed by atoms with Crippen LogP contribution in [0.15, 0.2) is 78.9 Å². The maximum atomic E-state index is 12.9. The maximum Gasteiger partial charge on any atom is 0.265 e. The van der Waals surface area contributed by atoms with Crippen LogP contribution in [0.25, 0.3) is 0 Å². The zero-order chi connectivity index (χ0) is 21.6. The number of nitrogens with zero attached hydrogens (tertiary/aromatic N) is 1. The molecule has 0 fully saturated rings. The van der Waals surface area contributed by atoms with Crippen LogP contribution in [0.2, 0.25) is 5.02 Å². The summed E-state index contributed by atoms with van der Waals surface area (Å²) in [5.41, 5.74) is 1.59. The van der Waals surface area contributed by atoms with Crippen molar-refractivity contribution in [2.75, 3.05) is 18.1 Å². The Morgan fingerprint density at radius 1 is 1.00 bits per heavy atom. The Balaban J connectivity index is 1.44. The molecule has 31 heavy (non-hydrogen) atoms. The molecule has 1 unspecified atom stereocenters. The Hall–Kier alpha value is -3.51. The highest BCUT2D eigenvalue weighted by atomic mass is 35.5. The number of anilines is 1. The van der Waals surface area contributed by atoms with E-state index in [4.69, 9.17) is 21.1 Å². The number of hydrogen-bond donors (Lipinski definition) is 1. The minimum Gasteiger partial charge on any atom is -0.484 e. The first-order valence-electron chi connectivity index (χ1n) is 9.86. The molecule has 1 aliphatic rings. The van der Waals surface area contributed by atoms with Gasteiger partial charge in [-0.15, -0.1) is 0 Å². The molecule has 158 valence electrons. The Kier molecular flexibility index (Phi) is 6.38.